The lowest BCUT2D eigenvalue weighted by Gasteiger charge is -2.47. The Labute approximate surface area is 97.4 Å². The molecule has 4 aliphatic rings. The van der Waals surface area contributed by atoms with Crippen LogP contribution in [0.3, 0.4) is 0 Å². The highest BCUT2D eigenvalue weighted by Gasteiger charge is 2.90. The molecule has 0 amide bonds. The molecule has 4 fully saturated rings. The first-order valence-corrected chi connectivity index (χ1v) is 6.19. The van der Waals surface area contributed by atoms with Gasteiger partial charge in [0.25, 0.3) is 0 Å². The van der Waals surface area contributed by atoms with E-state index in [-0.39, 0.29) is 17.1 Å². The van der Waals surface area contributed by atoms with E-state index in [2.05, 4.69) is 37.7 Å². The second-order valence-electron chi connectivity index (χ2n) is 6.48. The van der Waals surface area contributed by atoms with Gasteiger partial charge in [0, 0.05) is 17.5 Å². The third-order valence-corrected chi connectivity index (χ3v) is 5.62. The molecule has 0 aromatic heterocycles. The highest BCUT2D eigenvalue weighted by Crippen LogP contribution is 2.78. The monoisotopic (exact) mass is 225 g/mol. The SMILES string of the molecule is CC1N2C13CC2(N(C)C)C(C)C3C(C)(N)O. The van der Waals surface area contributed by atoms with Crippen LogP contribution in [0.5, 0.6) is 0 Å². The Morgan fingerprint density at radius 1 is 1.44 bits per heavy atom. The van der Waals surface area contributed by atoms with Gasteiger partial charge in [-0.3, -0.25) is 9.80 Å². The fraction of sp³-hybridized carbons (Fsp3) is 1.00. The van der Waals surface area contributed by atoms with Gasteiger partial charge in [-0.2, -0.15) is 0 Å². The van der Waals surface area contributed by atoms with Crippen molar-refractivity contribution in [2.75, 3.05) is 14.1 Å². The Morgan fingerprint density at radius 3 is 2.25 bits per heavy atom. The van der Waals surface area contributed by atoms with E-state index in [4.69, 9.17) is 5.73 Å². The smallest absolute Gasteiger partial charge is 0.115 e. The molecule has 3 heterocycles. The first-order chi connectivity index (χ1) is 7.20. The maximum absolute atomic E-state index is 10.2. The minimum Gasteiger partial charge on any atom is -0.376 e. The quantitative estimate of drug-likeness (QED) is 0.514. The van der Waals surface area contributed by atoms with Gasteiger partial charge in [-0.1, -0.05) is 6.92 Å². The van der Waals surface area contributed by atoms with Gasteiger partial charge < -0.3 is 10.8 Å². The van der Waals surface area contributed by atoms with Crippen molar-refractivity contribution < 1.29 is 5.11 Å². The molecule has 7 unspecified atom stereocenters. The Bertz CT molecular complexity index is 351. The molecular formula is C12H23N3O. The number of aliphatic hydroxyl groups is 1. The van der Waals surface area contributed by atoms with Crippen LogP contribution in [-0.4, -0.2) is 52.0 Å². The van der Waals surface area contributed by atoms with Gasteiger partial charge in [0.1, 0.15) is 5.72 Å². The fourth-order valence-electron chi connectivity index (χ4n) is 5.23. The number of fused-ring (bicyclic) bond motifs is 1. The molecule has 0 radical (unpaired) electrons. The lowest BCUT2D eigenvalue weighted by atomic mass is 9.81. The molecule has 16 heavy (non-hydrogen) atoms. The lowest BCUT2D eigenvalue weighted by molar-refractivity contribution is -0.0427. The third kappa shape index (κ3) is 0.787. The standard InChI is InChI=1S/C12H23N3O/c1-7-9(10(3,13)16)11-6-12(7,14(4)5)15(11)8(11)2/h7-9,16H,6,13H2,1-5H3. The van der Waals surface area contributed by atoms with Gasteiger partial charge in [0.2, 0.25) is 0 Å². The van der Waals surface area contributed by atoms with Crippen molar-refractivity contribution in [3.05, 3.63) is 0 Å². The van der Waals surface area contributed by atoms with E-state index in [1.54, 1.807) is 6.92 Å². The summed E-state index contributed by atoms with van der Waals surface area (Å²) in [5.41, 5.74) is 5.28. The van der Waals surface area contributed by atoms with E-state index in [0.717, 1.165) is 6.42 Å². The average Bonchev–Trinajstić information content (AvgIpc) is 2.39. The van der Waals surface area contributed by atoms with Crippen LogP contribution in [0, 0.1) is 11.8 Å². The summed E-state index contributed by atoms with van der Waals surface area (Å²) in [6, 6.07) is 0.575. The summed E-state index contributed by atoms with van der Waals surface area (Å²) < 4.78 is 0. The van der Waals surface area contributed by atoms with Crippen LogP contribution in [-0.2, 0) is 0 Å². The van der Waals surface area contributed by atoms with E-state index in [1.807, 2.05) is 0 Å². The number of nitrogens with two attached hydrogens (primary N) is 1. The van der Waals surface area contributed by atoms with E-state index < -0.39 is 5.72 Å². The molecule has 2 bridgehead atoms. The minimum atomic E-state index is -1.06. The van der Waals surface area contributed by atoms with Crippen molar-refractivity contribution in [1.82, 2.24) is 9.80 Å². The minimum absolute atomic E-state index is 0.146. The second-order valence-corrected chi connectivity index (χ2v) is 6.48. The average molecular weight is 225 g/mol. The maximum atomic E-state index is 10.2. The zero-order valence-corrected chi connectivity index (χ0v) is 10.9. The maximum Gasteiger partial charge on any atom is 0.115 e. The van der Waals surface area contributed by atoms with Crippen LogP contribution in [0.1, 0.15) is 27.2 Å². The number of nitrogens with zero attached hydrogens (tertiary/aromatic N) is 2. The highest BCUT2D eigenvalue weighted by atomic mass is 16.3. The predicted octanol–water partition coefficient (Wildman–Crippen LogP) is 0.0240. The zero-order valence-electron chi connectivity index (χ0n) is 10.9. The molecule has 1 spiro atoms. The lowest BCUT2D eigenvalue weighted by Crippen LogP contribution is -2.59. The van der Waals surface area contributed by atoms with Gasteiger partial charge in [-0.25, -0.2) is 0 Å². The van der Waals surface area contributed by atoms with Crippen LogP contribution in [0.2, 0.25) is 0 Å². The first kappa shape index (κ1) is 11.0. The summed E-state index contributed by atoms with van der Waals surface area (Å²) in [6.45, 7) is 6.26. The van der Waals surface area contributed by atoms with E-state index in [0.29, 0.717) is 12.0 Å². The largest absolute Gasteiger partial charge is 0.376 e. The third-order valence-electron chi connectivity index (χ3n) is 5.62. The Balaban J connectivity index is 2.03. The zero-order chi connectivity index (χ0) is 12.1. The molecule has 7 atom stereocenters. The first-order valence-electron chi connectivity index (χ1n) is 6.19. The number of piperidine rings is 1. The number of hydrogen-bond donors (Lipinski definition) is 2. The molecule has 3 saturated heterocycles. The summed E-state index contributed by atoms with van der Waals surface area (Å²) in [7, 11) is 4.28. The van der Waals surface area contributed by atoms with Crippen LogP contribution in [0.4, 0.5) is 0 Å². The Hall–Kier alpha value is -0.160. The predicted molar refractivity (Wildman–Crippen MR) is 62.5 cm³/mol. The molecule has 4 rings (SSSR count). The molecule has 1 aliphatic carbocycles. The van der Waals surface area contributed by atoms with Crippen LogP contribution in [0.25, 0.3) is 0 Å². The summed E-state index contributed by atoms with van der Waals surface area (Å²) in [5, 5.41) is 10.2. The van der Waals surface area contributed by atoms with Crippen molar-refractivity contribution >= 4 is 0 Å². The van der Waals surface area contributed by atoms with Crippen molar-refractivity contribution in [2.24, 2.45) is 17.6 Å². The summed E-state index contributed by atoms with van der Waals surface area (Å²) >= 11 is 0. The Kier molecular flexibility index (Phi) is 1.70. The summed E-state index contributed by atoms with van der Waals surface area (Å²) in [6.07, 6.45) is 1.16. The van der Waals surface area contributed by atoms with Gasteiger partial charge in [-0.05, 0) is 40.3 Å². The van der Waals surface area contributed by atoms with Gasteiger partial charge in [-0.15, -0.1) is 0 Å². The van der Waals surface area contributed by atoms with Crippen molar-refractivity contribution in [3.8, 4) is 0 Å². The van der Waals surface area contributed by atoms with E-state index in [9.17, 15) is 5.11 Å². The van der Waals surface area contributed by atoms with E-state index in [1.165, 1.54) is 0 Å². The van der Waals surface area contributed by atoms with Crippen LogP contribution >= 0.6 is 0 Å². The molecule has 4 nitrogen and oxygen atoms in total. The fourth-order valence-corrected chi connectivity index (χ4v) is 5.23. The van der Waals surface area contributed by atoms with Crippen molar-refractivity contribution in [3.63, 3.8) is 0 Å². The summed E-state index contributed by atoms with van der Waals surface area (Å²) in [5.74, 6) is 0.621. The second kappa shape index (κ2) is 2.48. The molecule has 3 aliphatic heterocycles. The van der Waals surface area contributed by atoms with Gasteiger partial charge in [0.05, 0.1) is 5.66 Å². The van der Waals surface area contributed by atoms with Gasteiger partial charge in [0.15, 0.2) is 0 Å². The molecular weight excluding hydrogens is 202 g/mol. The number of hydrogen-bond acceptors (Lipinski definition) is 4. The molecule has 3 N–H and O–H groups in total. The molecule has 0 aromatic rings. The Morgan fingerprint density at radius 2 is 2.00 bits per heavy atom. The van der Waals surface area contributed by atoms with Gasteiger partial charge >= 0.3 is 0 Å². The van der Waals surface area contributed by atoms with Crippen LogP contribution < -0.4 is 5.73 Å². The van der Waals surface area contributed by atoms with Crippen molar-refractivity contribution in [1.29, 1.82) is 0 Å². The van der Waals surface area contributed by atoms with E-state index >= 15 is 0 Å². The highest BCUT2D eigenvalue weighted by molar-refractivity contribution is 5.42. The molecule has 92 valence electrons. The normalized spacial score (nSPS) is 61.5. The topological polar surface area (TPSA) is 52.5 Å². The van der Waals surface area contributed by atoms with Crippen molar-refractivity contribution in [2.45, 2.75) is 50.2 Å². The van der Waals surface area contributed by atoms with Crippen LogP contribution in [0.15, 0.2) is 0 Å². The summed E-state index contributed by atoms with van der Waals surface area (Å²) in [4.78, 5) is 4.86. The molecule has 4 heteroatoms. The number of rotatable bonds is 2. The molecule has 1 saturated carbocycles. The molecule has 0 aromatic carbocycles.